The first-order chi connectivity index (χ1) is 11.6. The summed E-state index contributed by atoms with van der Waals surface area (Å²) in [6, 6.07) is 14.9. The Morgan fingerprint density at radius 2 is 1.58 bits per heavy atom. The van der Waals surface area contributed by atoms with Gasteiger partial charge in [-0.1, -0.05) is 29.8 Å². The maximum absolute atomic E-state index is 6.26. The van der Waals surface area contributed by atoms with Crippen LogP contribution in [0.3, 0.4) is 0 Å². The Labute approximate surface area is 145 Å². The van der Waals surface area contributed by atoms with Crippen LogP contribution >= 0.6 is 11.6 Å². The van der Waals surface area contributed by atoms with Crippen LogP contribution in [0.15, 0.2) is 48.5 Å². The highest BCUT2D eigenvalue weighted by Gasteiger charge is 2.12. The third-order valence-corrected chi connectivity index (χ3v) is 3.90. The van der Waals surface area contributed by atoms with E-state index in [0.717, 1.165) is 11.1 Å². The number of ether oxygens (including phenoxy) is 2. The van der Waals surface area contributed by atoms with Gasteiger partial charge in [0, 0.05) is 16.1 Å². The summed E-state index contributed by atoms with van der Waals surface area (Å²) in [6.45, 7) is 0. The molecular weight excluding hydrogens is 326 g/mol. The summed E-state index contributed by atoms with van der Waals surface area (Å²) in [5, 5.41) is 0.605. The van der Waals surface area contributed by atoms with Crippen molar-refractivity contribution in [1.29, 1.82) is 0 Å². The molecule has 1 aromatic heterocycles. The van der Waals surface area contributed by atoms with Crippen LogP contribution in [0.25, 0.3) is 22.5 Å². The lowest BCUT2D eigenvalue weighted by molar-refractivity contribution is 0.355. The van der Waals surface area contributed by atoms with Crippen molar-refractivity contribution in [3.05, 3.63) is 53.6 Å². The lowest BCUT2D eigenvalue weighted by Crippen LogP contribution is -1.99. The first-order valence-electron chi connectivity index (χ1n) is 7.24. The Morgan fingerprint density at radius 3 is 2.29 bits per heavy atom. The molecule has 3 rings (SSSR count). The fourth-order valence-electron chi connectivity index (χ4n) is 2.42. The number of nitrogens with zero attached hydrogens (tertiary/aromatic N) is 2. The van der Waals surface area contributed by atoms with Crippen molar-refractivity contribution in [2.75, 3.05) is 20.0 Å². The molecule has 0 fully saturated rings. The molecule has 0 unspecified atom stereocenters. The molecule has 0 aliphatic heterocycles. The van der Waals surface area contributed by atoms with Crippen LogP contribution in [-0.4, -0.2) is 24.2 Å². The minimum atomic E-state index is 0.178. The van der Waals surface area contributed by atoms with Gasteiger partial charge in [-0.3, -0.25) is 0 Å². The van der Waals surface area contributed by atoms with Crippen LogP contribution in [0.2, 0.25) is 5.02 Å². The smallest absolute Gasteiger partial charge is 0.221 e. The molecule has 5 nitrogen and oxygen atoms in total. The quantitative estimate of drug-likeness (QED) is 0.774. The first-order valence-corrected chi connectivity index (χ1v) is 7.62. The highest BCUT2D eigenvalue weighted by atomic mass is 35.5. The van der Waals surface area contributed by atoms with E-state index in [1.54, 1.807) is 14.2 Å². The average molecular weight is 342 g/mol. The Kier molecular flexibility index (Phi) is 4.53. The fraction of sp³-hybridized carbons (Fsp3) is 0.111. The van der Waals surface area contributed by atoms with E-state index in [4.69, 9.17) is 26.8 Å². The van der Waals surface area contributed by atoms with Gasteiger partial charge in [0.25, 0.3) is 0 Å². The zero-order valence-electron chi connectivity index (χ0n) is 13.3. The van der Waals surface area contributed by atoms with Crippen LogP contribution < -0.4 is 15.2 Å². The maximum atomic E-state index is 6.26. The van der Waals surface area contributed by atoms with Crippen LogP contribution in [0, 0.1) is 0 Å². The monoisotopic (exact) mass is 341 g/mol. The molecule has 24 heavy (non-hydrogen) atoms. The van der Waals surface area contributed by atoms with Gasteiger partial charge in [-0.25, -0.2) is 9.97 Å². The molecular formula is C18H16ClN3O2. The molecule has 3 aromatic rings. The van der Waals surface area contributed by atoms with Crippen molar-refractivity contribution in [1.82, 2.24) is 9.97 Å². The molecule has 0 aliphatic rings. The number of nitrogens with two attached hydrogens (primary N) is 1. The Morgan fingerprint density at radius 1 is 0.875 bits per heavy atom. The van der Waals surface area contributed by atoms with Crippen LogP contribution in [0.4, 0.5) is 5.95 Å². The molecule has 0 spiro atoms. The number of nitrogen functional groups attached to an aromatic ring is 1. The van der Waals surface area contributed by atoms with E-state index in [9.17, 15) is 0 Å². The third kappa shape index (κ3) is 3.12. The Bertz CT molecular complexity index is 884. The summed E-state index contributed by atoms with van der Waals surface area (Å²) in [6.07, 6.45) is 0. The third-order valence-electron chi connectivity index (χ3n) is 3.57. The van der Waals surface area contributed by atoms with E-state index in [-0.39, 0.29) is 5.95 Å². The van der Waals surface area contributed by atoms with E-state index in [1.807, 2.05) is 48.5 Å². The van der Waals surface area contributed by atoms with E-state index in [2.05, 4.69) is 9.97 Å². The van der Waals surface area contributed by atoms with Crippen LogP contribution in [0.1, 0.15) is 0 Å². The van der Waals surface area contributed by atoms with Crippen molar-refractivity contribution in [3.8, 4) is 34.0 Å². The average Bonchev–Trinajstić information content (AvgIpc) is 2.61. The maximum Gasteiger partial charge on any atom is 0.221 e. The van der Waals surface area contributed by atoms with Gasteiger partial charge in [0.2, 0.25) is 5.95 Å². The largest absolute Gasteiger partial charge is 0.493 e. The molecule has 0 saturated heterocycles. The van der Waals surface area contributed by atoms with E-state index in [1.165, 1.54) is 0 Å². The minimum absolute atomic E-state index is 0.178. The second-order valence-electron chi connectivity index (χ2n) is 5.05. The van der Waals surface area contributed by atoms with Gasteiger partial charge in [-0.05, 0) is 30.3 Å². The lowest BCUT2D eigenvalue weighted by atomic mass is 10.1. The summed E-state index contributed by atoms with van der Waals surface area (Å²) >= 11 is 6.26. The molecule has 1 heterocycles. The van der Waals surface area contributed by atoms with Gasteiger partial charge >= 0.3 is 0 Å². The van der Waals surface area contributed by atoms with Crippen LogP contribution in [0.5, 0.6) is 11.5 Å². The molecule has 0 saturated carbocycles. The summed E-state index contributed by atoms with van der Waals surface area (Å²) in [5.74, 6) is 1.44. The molecule has 0 aliphatic carbocycles. The van der Waals surface area contributed by atoms with Gasteiger partial charge in [0.05, 0.1) is 25.6 Å². The standard InChI is InChI=1S/C18H16ClN3O2/c1-23-16-8-7-11(9-17(16)24-2)14-10-15(22-18(20)21-14)12-5-3-4-6-13(12)19/h3-10H,1-2H3,(H2,20,21,22). The van der Waals surface area contributed by atoms with E-state index in [0.29, 0.717) is 27.9 Å². The van der Waals surface area contributed by atoms with Crippen molar-refractivity contribution in [3.63, 3.8) is 0 Å². The van der Waals surface area contributed by atoms with Gasteiger partial charge < -0.3 is 15.2 Å². The lowest BCUT2D eigenvalue weighted by Gasteiger charge is -2.11. The number of benzene rings is 2. The molecule has 6 heteroatoms. The molecule has 0 atom stereocenters. The van der Waals surface area contributed by atoms with Crippen molar-refractivity contribution < 1.29 is 9.47 Å². The predicted octanol–water partition coefficient (Wildman–Crippen LogP) is 4.06. The Hall–Kier alpha value is -2.79. The zero-order valence-corrected chi connectivity index (χ0v) is 14.0. The number of hydrogen-bond donors (Lipinski definition) is 1. The normalized spacial score (nSPS) is 10.5. The number of rotatable bonds is 4. The van der Waals surface area contributed by atoms with Crippen LogP contribution in [-0.2, 0) is 0 Å². The second kappa shape index (κ2) is 6.76. The van der Waals surface area contributed by atoms with Crippen molar-refractivity contribution >= 4 is 17.5 Å². The highest BCUT2D eigenvalue weighted by Crippen LogP contribution is 2.34. The summed E-state index contributed by atoms with van der Waals surface area (Å²) in [7, 11) is 3.18. The number of hydrogen-bond acceptors (Lipinski definition) is 5. The highest BCUT2D eigenvalue weighted by molar-refractivity contribution is 6.33. The minimum Gasteiger partial charge on any atom is -0.493 e. The molecule has 2 N–H and O–H groups in total. The van der Waals surface area contributed by atoms with E-state index >= 15 is 0 Å². The first kappa shape index (κ1) is 16.1. The number of methoxy groups -OCH3 is 2. The summed E-state index contributed by atoms with van der Waals surface area (Å²) in [5.41, 5.74) is 8.88. The SMILES string of the molecule is COc1ccc(-c2cc(-c3ccccc3Cl)nc(N)n2)cc1OC. The zero-order chi connectivity index (χ0) is 17.1. The molecule has 0 bridgehead atoms. The summed E-state index contributed by atoms with van der Waals surface area (Å²) < 4.78 is 10.6. The summed E-state index contributed by atoms with van der Waals surface area (Å²) in [4.78, 5) is 8.61. The fourth-order valence-corrected chi connectivity index (χ4v) is 2.65. The number of anilines is 1. The van der Waals surface area contributed by atoms with Crippen molar-refractivity contribution in [2.45, 2.75) is 0 Å². The number of halogens is 1. The molecule has 0 radical (unpaired) electrons. The molecule has 122 valence electrons. The molecule has 0 amide bonds. The second-order valence-corrected chi connectivity index (χ2v) is 5.45. The number of aromatic nitrogens is 2. The topological polar surface area (TPSA) is 70.3 Å². The van der Waals surface area contributed by atoms with E-state index < -0.39 is 0 Å². The van der Waals surface area contributed by atoms with Crippen molar-refractivity contribution in [2.24, 2.45) is 0 Å². The molecule has 2 aromatic carbocycles. The van der Waals surface area contributed by atoms with Gasteiger partial charge in [-0.2, -0.15) is 0 Å². The predicted molar refractivity (Wildman–Crippen MR) is 95.4 cm³/mol. The van der Waals surface area contributed by atoms with Gasteiger partial charge in [0.1, 0.15) is 0 Å². The Balaban J connectivity index is 2.11. The van der Waals surface area contributed by atoms with Gasteiger partial charge in [-0.15, -0.1) is 0 Å². The van der Waals surface area contributed by atoms with Gasteiger partial charge in [0.15, 0.2) is 11.5 Å².